The molecule has 0 aliphatic heterocycles. The normalized spacial score (nSPS) is 11.3. The molecule has 0 aliphatic carbocycles. The number of ketones is 1. The van der Waals surface area contributed by atoms with E-state index in [0.717, 1.165) is 5.56 Å². The lowest BCUT2D eigenvalue weighted by atomic mass is 10.1. The van der Waals surface area contributed by atoms with Crippen molar-refractivity contribution in [3.63, 3.8) is 0 Å². The summed E-state index contributed by atoms with van der Waals surface area (Å²) < 4.78 is 9.81. The van der Waals surface area contributed by atoms with Gasteiger partial charge in [-0.25, -0.2) is 9.59 Å². The van der Waals surface area contributed by atoms with E-state index >= 15 is 0 Å². The van der Waals surface area contributed by atoms with Gasteiger partial charge in [0.25, 0.3) is 0 Å². The summed E-state index contributed by atoms with van der Waals surface area (Å²) in [7, 11) is 0. The topological polar surface area (TPSA) is 81.7 Å². The Kier molecular flexibility index (Phi) is 6.94. The molecule has 0 saturated carbocycles. The van der Waals surface area contributed by atoms with Crippen LogP contribution in [0.25, 0.3) is 0 Å². The Morgan fingerprint density at radius 2 is 1.81 bits per heavy atom. The second kappa shape index (κ2) is 8.73. The van der Waals surface area contributed by atoms with Gasteiger partial charge >= 0.3 is 12.1 Å². The minimum atomic E-state index is -1.02. The predicted octanol–water partition coefficient (Wildman–Crippen LogP) is 1.82. The van der Waals surface area contributed by atoms with E-state index in [9.17, 15) is 14.4 Å². The van der Waals surface area contributed by atoms with Crippen LogP contribution >= 0.6 is 0 Å². The molecule has 0 aliphatic rings. The zero-order valence-corrected chi connectivity index (χ0v) is 12.1. The van der Waals surface area contributed by atoms with Gasteiger partial charge in [0, 0.05) is 6.42 Å². The van der Waals surface area contributed by atoms with Crippen molar-refractivity contribution in [3.05, 3.63) is 35.9 Å². The predicted molar refractivity (Wildman–Crippen MR) is 75.5 cm³/mol. The summed E-state index contributed by atoms with van der Waals surface area (Å²) in [5.74, 6) is -0.874. The zero-order chi connectivity index (χ0) is 15.7. The number of hydrogen-bond acceptors (Lipinski definition) is 5. The van der Waals surface area contributed by atoms with Crippen molar-refractivity contribution in [1.82, 2.24) is 5.32 Å². The smallest absolute Gasteiger partial charge is 0.408 e. The molecule has 0 saturated heterocycles. The quantitative estimate of drug-likeness (QED) is 0.775. The lowest BCUT2D eigenvalue weighted by Gasteiger charge is -2.15. The van der Waals surface area contributed by atoms with E-state index in [4.69, 9.17) is 9.47 Å². The minimum Gasteiger partial charge on any atom is -0.464 e. The van der Waals surface area contributed by atoms with E-state index in [1.807, 2.05) is 30.3 Å². The summed E-state index contributed by atoms with van der Waals surface area (Å²) in [6.07, 6.45) is -0.891. The van der Waals surface area contributed by atoms with Crippen LogP contribution in [0.4, 0.5) is 4.79 Å². The molecule has 1 aromatic carbocycles. The third-order valence-corrected chi connectivity index (χ3v) is 2.57. The number of Topliss-reactive ketones (excluding diaryl/α,β-unsaturated/α-hetero) is 1. The fourth-order valence-corrected chi connectivity index (χ4v) is 1.63. The molecule has 1 rings (SSSR count). The van der Waals surface area contributed by atoms with Gasteiger partial charge in [-0.2, -0.15) is 0 Å². The number of carbonyl (C=O) groups is 3. The lowest BCUT2D eigenvalue weighted by Crippen LogP contribution is -2.43. The van der Waals surface area contributed by atoms with Crippen molar-refractivity contribution >= 4 is 17.8 Å². The number of esters is 1. The highest BCUT2D eigenvalue weighted by Crippen LogP contribution is 2.02. The minimum absolute atomic E-state index is 0.0856. The zero-order valence-electron chi connectivity index (χ0n) is 12.1. The van der Waals surface area contributed by atoms with Crippen LogP contribution in [0.1, 0.15) is 25.8 Å². The third kappa shape index (κ3) is 6.56. The number of carbonyl (C=O) groups excluding carboxylic acids is 3. The molecule has 1 aromatic rings. The van der Waals surface area contributed by atoms with E-state index in [0.29, 0.717) is 0 Å². The largest absolute Gasteiger partial charge is 0.464 e. The molecule has 0 bridgehead atoms. The molecular weight excluding hydrogens is 274 g/mol. The van der Waals surface area contributed by atoms with Gasteiger partial charge in [-0.15, -0.1) is 0 Å². The molecule has 0 heterocycles. The SMILES string of the molecule is CCOC(=O)C(CC(C)=O)NC(=O)OCc1ccccc1. The first-order valence-corrected chi connectivity index (χ1v) is 6.66. The fourth-order valence-electron chi connectivity index (χ4n) is 1.63. The Morgan fingerprint density at radius 3 is 2.38 bits per heavy atom. The van der Waals surface area contributed by atoms with Gasteiger partial charge < -0.3 is 14.8 Å². The average Bonchev–Trinajstić information content (AvgIpc) is 2.45. The van der Waals surface area contributed by atoms with Gasteiger partial charge in [0.15, 0.2) is 0 Å². The van der Waals surface area contributed by atoms with E-state index in [1.54, 1.807) is 6.92 Å². The molecule has 1 unspecified atom stereocenters. The summed E-state index contributed by atoms with van der Waals surface area (Å²) in [6.45, 7) is 3.25. The Bertz CT molecular complexity index is 486. The molecule has 6 nitrogen and oxygen atoms in total. The average molecular weight is 293 g/mol. The maximum absolute atomic E-state index is 11.7. The first-order chi connectivity index (χ1) is 10.0. The van der Waals surface area contributed by atoms with Crippen LogP contribution in [-0.2, 0) is 25.7 Å². The molecule has 0 fully saturated rings. The van der Waals surface area contributed by atoms with Gasteiger partial charge in [0.05, 0.1) is 6.61 Å². The molecule has 0 spiro atoms. The first kappa shape index (κ1) is 16.7. The number of hydrogen-bond donors (Lipinski definition) is 1. The number of rotatable bonds is 7. The summed E-state index contributed by atoms with van der Waals surface area (Å²) >= 11 is 0. The van der Waals surface area contributed by atoms with Crippen molar-refractivity contribution in [2.75, 3.05) is 6.61 Å². The molecule has 1 amide bonds. The van der Waals surface area contributed by atoms with Crippen molar-refractivity contribution in [2.24, 2.45) is 0 Å². The van der Waals surface area contributed by atoms with Crippen molar-refractivity contribution in [1.29, 1.82) is 0 Å². The van der Waals surface area contributed by atoms with Crippen LogP contribution in [0.3, 0.4) is 0 Å². The molecule has 6 heteroatoms. The molecule has 1 atom stereocenters. The number of benzene rings is 1. The molecule has 114 valence electrons. The second-order valence-electron chi connectivity index (χ2n) is 4.42. The summed E-state index contributed by atoms with van der Waals surface area (Å²) in [5, 5.41) is 2.35. The third-order valence-electron chi connectivity index (χ3n) is 2.57. The van der Waals surface area contributed by atoms with Crippen molar-refractivity contribution in [3.8, 4) is 0 Å². The highest BCUT2D eigenvalue weighted by Gasteiger charge is 2.24. The monoisotopic (exact) mass is 293 g/mol. The number of alkyl carbamates (subject to hydrolysis) is 1. The Morgan fingerprint density at radius 1 is 1.14 bits per heavy atom. The van der Waals surface area contributed by atoms with Crippen LogP contribution < -0.4 is 5.32 Å². The summed E-state index contributed by atoms with van der Waals surface area (Å²) in [5.41, 5.74) is 0.826. The highest BCUT2D eigenvalue weighted by atomic mass is 16.6. The Labute approximate surface area is 123 Å². The standard InChI is InChI=1S/C15H19NO5/c1-3-20-14(18)13(9-11(2)17)16-15(19)21-10-12-7-5-4-6-8-12/h4-8,13H,3,9-10H2,1-2H3,(H,16,19). The van der Waals surface area contributed by atoms with Gasteiger partial charge in [-0.3, -0.25) is 4.79 Å². The van der Waals surface area contributed by atoms with Crippen molar-refractivity contribution < 1.29 is 23.9 Å². The number of ether oxygens (including phenoxy) is 2. The van der Waals surface area contributed by atoms with E-state index in [2.05, 4.69) is 5.32 Å². The van der Waals surface area contributed by atoms with E-state index in [1.165, 1.54) is 6.92 Å². The summed E-state index contributed by atoms with van der Waals surface area (Å²) in [6, 6.07) is 8.11. The second-order valence-corrected chi connectivity index (χ2v) is 4.42. The van der Waals surface area contributed by atoms with Crippen LogP contribution in [0.2, 0.25) is 0 Å². The van der Waals surface area contributed by atoms with Gasteiger partial charge in [-0.05, 0) is 19.4 Å². The highest BCUT2D eigenvalue weighted by molar-refractivity contribution is 5.87. The van der Waals surface area contributed by atoms with Crippen LogP contribution in [0.5, 0.6) is 0 Å². The van der Waals surface area contributed by atoms with Gasteiger partial charge in [0.2, 0.25) is 0 Å². The molecule has 1 N–H and O–H groups in total. The van der Waals surface area contributed by atoms with Crippen LogP contribution in [-0.4, -0.2) is 30.5 Å². The van der Waals surface area contributed by atoms with E-state index < -0.39 is 18.1 Å². The molecule has 21 heavy (non-hydrogen) atoms. The number of nitrogens with one attached hydrogen (secondary N) is 1. The van der Waals surface area contributed by atoms with E-state index in [-0.39, 0.29) is 25.4 Å². The van der Waals surface area contributed by atoms with Crippen LogP contribution in [0.15, 0.2) is 30.3 Å². The van der Waals surface area contributed by atoms with Crippen molar-refractivity contribution in [2.45, 2.75) is 32.9 Å². The Hall–Kier alpha value is -2.37. The van der Waals surface area contributed by atoms with Gasteiger partial charge in [-0.1, -0.05) is 30.3 Å². The van der Waals surface area contributed by atoms with Crippen LogP contribution in [0, 0.1) is 0 Å². The molecular formula is C15H19NO5. The molecule has 0 aromatic heterocycles. The molecule has 0 radical (unpaired) electrons. The fraction of sp³-hybridized carbons (Fsp3) is 0.400. The maximum Gasteiger partial charge on any atom is 0.408 e. The van der Waals surface area contributed by atoms with Gasteiger partial charge in [0.1, 0.15) is 18.4 Å². The lowest BCUT2D eigenvalue weighted by molar-refractivity contribution is -0.146. The first-order valence-electron chi connectivity index (χ1n) is 6.66. The summed E-state index contributed by atoms with van der Waals surface area (Å²) in [4.78, 5) is 34.4. The Balaban J connectivity index is 2.51. The number of amides is 1. The maximum atomic E-state index is 11.7.